The predicted molar refractivity (Wildman–Crippen MR) is 228 cm³/mol. The van der Waals surface area contributed by atoms with Crippen molar-refractivity contribution >= 4 is 19.8 Å². The molecule has 0 unspecified atom stereocenters. The number of esters is 2. The minimum Gasteiger partial charge on any atom is -0.462 e. The van der Waals surface area contributed by atoms with E-state index < -0.39 is 44.7 Å². The summed E-state index contributed by atoms with van der Waals surface area (Å²) in [5.74, 6) is -0.233. The Morgan fingerprint density at radius 2 is 1.11 bits per heavy atom. The fourth-order valence-electron chi connectivity index (χ4n) is 5.64. The van der Waals surface area contributed by atoms with Crippen molar-refractivity contribution in [1.29, 1.82) is 0 Å². The van der Waals surface area contributed by atoms with Crippen LogP contribution < -0.4 is 0 Å². The minimum atomic E-state index is -4.81. The molecular formula is C45H77O10P. The first-order valence-electron chi connectivity index (χ1n) is 21.3. The van der Waals surface area contributed by atoms with Gasteiger partial charge in [-0.25, -0.2) is 4.57 Å². The smallest absolute Gasteiger partial charge is 0.462 e. The lowest BCUT2D eigenvalue weighted by atomic mass is 10.0. The zero-order valence-corrected chi connectivity index (χ0v) is 35.8. The number of phosphoric ester groups is 1. The van der Waals surface area contributed by atoms with E-state index in [0.717, 1.165) is 31.6 Å². The van der Waals surface area contributed by atoms with Crippen LogP contribution in [-0.2, 0) is 28.2 Å². The normalized spacial score (nSPS) is 14.4. The highest BCUT2D eigenvalue weighted by Gasteiger charge is 2.22. The summed E-state index contributed by atoms with van der Waals surface area (Å²) in [4.78, 5) is 42.8. The molecule has 0 spiro atoms. The number of carbonyl (C=O) groups is 2. The van der Waals surface area contributed by atoms with Crippen molar-refractivity contribution in [3.05, 3.63) is 72.9 Å². The first-order chi connectivity index (χ1) is 26.9. The van der Waals surface area contributed by atoms with Gasteiger partial charge in [0.25, 0.3) is 0 Å². The Morgan fingerprint density at radius 3 is 1.62 bits per heavy atom. The fraction of sp³-hybridized carbons (Fsp3) is 0.689. The highest BCUT2D eigenvalue weighted by atomic mass is 31.2. The van der Waals surface area contributed by atoms with Gasteiger partial charge in [0.05, 0.1) is 18.8 Å². The summed E-state index contributed by atoms with van der Waals surface area (Å²) in [5.41, 5.74) is 0. The molecule has 0 heterocycles. The molecule has 0 aromatic rings. The third-order valence-corrected chi connectivity index (χ3v) is 9.33. The summed E-state index contributed by atoms with van der Waals surface area (Å²) in [5, 5.41) is 19.9. The van der Waals surface area contributed by atoms with Crippen LogP contribution in [0.25, 0.3) is 0 Å². The van der Waals surface area contributed by atoms with Gasteiger partial charge < -0.3 is 29.5 Å². The van der Waals surface area contributed by atoms with Gasteiger partial charge in [0.1, 0.15) is 6.61 Å². The van der Waals surface area contributed by atoms with Gasteiger partial charge >= 0.3 is 19.8 Å². The van der Waals surface area contributed by atoms with Gasteiger partial charge in [-0.15, -0.1) is 0 Å². The maximum absolute atomic E-state index is 12.4. The highest BCUT2D eigenvalue weighted by molar-refractivity contribution is 7.46. The lowest BCUT2D eigenvalue weighted by Gasteiger charge is -2.18. The van der Waals surface area contributed by atoms with Crippen molar-refractivity contribution in [3.63, 3.8) is 0 Å². The van der Waals surface area contributed by atoms with Crippen molar-refractivity contribution in [3.8, 4) is 0 Å². The summed E-state index contributed by atoms with van der Waals surface area (Å²) in [6, 6.07) is 0. The molecule has 322 valence electrons. The van der Waals surface area contributed by atoms with Crippen molar-refractivity contribution in [2.75, 3.05) is 13.2 Å². The molecule has 0 amide bonds. The van der Waals surface area contributed by atoms with Crippen LogP contribution in [0.5, 0.6) is 0 Å². The molecule has 11 heteroatoms. The molecule has 56 heavy (non-hydrogen) atoms. The average Bonchev–Trinajstić information content (AvgIpc) is 3.14. The van der Waals surface area contributed by atoms with E-state index in [9.17, 15) is 24.4 Å². The highest BCUT2D eigenvalue weighted by Crippen LogP contribution is 2.36. The lowest BCUT2D eigenvalue weighted by Crippen LogP contribution is -2.29. The van der Waals surface area contributed by atoms with Gasteiger partial charge in [0.2, 0.25) is 0 Å². The largest absolute Gasteiger partial charge is 0.469 e. The molecular weight excluding hydrogens is 731 g/mol. The van der Waals surface area contributed by atoms with Crippen LogP contribution in [0.15, 0.2) is 72.9 Å². The molecule has 0 aromatic carbocycles. The van der Waals surface area contributed by atoms with Crippen molar-refractivity contribution in [1.82, 2.24) is 0 Å². The first kappa shape index (κ1) is 53.4. The molecule has 0 saturated carbocycles. The van der Waals surface area contributed by atoms with Gasteiger partial charge in [0, 0.05) is 12.8 Å². The Kier molecular flexibility index (Phi) is 36.2. The van der Waals surface area contributed by atoms with Gasteiger partial charge in [0.15, 0.2) is 6.10 Å². The summed E-state index contributed by atoms with van der Waals surface area (Å²) in [7, 11) is -4.81. The topological polar surface area (TPSA) is 160 Å². The van der Waals surface area contributed by atoms with Crippen molar-refractivity contribution in [2.24, 2.45) is 5.92 Å². The molecule has 0 aliphatic heterocycles. The Hall–Kier alpha value is -2.59. The number of rotatable bonds is 37. The van der Waals surface area contributed by atoms with Crippen LogP contribution >= 0.6 is 7.82 Å². The van der Waals surface area contributed by atoms with Crippen LogP contribution in [0.4, 0.5) is 0 Å². The maximum atomic E-state index is 12.4. The maximum Gasteiger partial charge on any atom is 0.469 e. The van der Waals surface area contributed by atoms with Crippen LogP contribution in [0, 0.1) is 5.92 Å². The van der Waals surface area contributed by atoms with E-state index >= 15 is 0 Å². The average molecular weight is 809 g/mol. The van der Waals surface area contributed by atoms with Gasteiger partial charge in [-0.05, 0) is 44.4 Å². The number of carbonyl (C=O) groups excluding carboxylic acids is 2. The van der Waals surface area contributed by atoms with E-state index in [0.29, 0.717) is 32.1 Å². The fourth-order valence-corrected chi connectivity index (χ4v) is 6.00. The van der Waals surface area contributed by atoms with Crippen molar-refractivity contribution in [2.45, 2.75) is 180 Å². The van der Waals surface area contributed by atoms with Crippen LogP contribution in [0.3, 0.4) is 0 Å². The lowest BCUT2D eigenvalue weighted by molar-refractivity contribution is -0.161. The molecule has 0 aliphatic carbocycles. The molecule has 0 rings (SSSR count). The summed E-state index contributed by atoms with van der Waals surface area (Å²) in [6.45, 7) is 5.68. The SMILES string of the molecule is CC/C=C\C[C@H](O)/C=C/C=C\C=C\[C@H](O)C/C=C\C/C=C\CCC(=O)O[C@H](COC(=O)CCCCCCCCCCCCCCCCC(C)C)COP(=O)(O)O. The number of allylic oxidation sites excluding steroid dienone is 8. The molecule has 0 saturated heterocycles. The Labute approximate surface area is 339 Å². The number of phosphoric acid groups is 1. The van der Waals surface area contributed by atoms with Crippen LogP contribution in [-0.4, -0.2) is 63.5 Å². The minimum absolute atomic E-state index is 0.0281. The third kappa shape index (κ3) is 41.1. The number of ether oxygens (including phenoxy) is 2. The van der Waals surface area contributed by atoms with E-state index in [1.165, 1.54) is 70.6 Å². The van der Waals surface area contributed by atoms with Gasteiger partial charge in [-0.2, -0.15) is 0 Å². The summed E-state index contributed by atoms with van der Waals surface area (Å²) in [6.07, 6.45) is 41.3. The number of hydrogen-bond donors (Lipinski definition) is 4. The number of aliphatic hydroxyl groups is 2. The molecule has 0 aromatic heterocycles. The molecule has 0 fully saturated rings. The number of aliphatic hydroxyl groups excluding tert-OH is 2. The summed E-state index contributed by atoms with van der Waals surface area (Å²) < 4.78 is 26.3. The third-order valence-electron chi connectivity index (χ3n) is 8.85. The molecule has 10 nitrogen and oxygen atoms in total. The Bertz CT molecular complexity index is 1180. The second-order valence-corrected chi connectivity index (χ2v) is 16.1. The zero-order chi connectivity index (χ0) is 41.5. The van der Waals surface area contributed by atoms with Crippen LogP contribution in [0.2, 0.25) is 0 Å². The van der Waals surface area contributed by atoms with E-state index in [-0.39, 0.29) is 19.4 Å². The van der Waals surface area contributed by atoms with E-state index in [4.69, 9.17) is 19.3 Å². The quantitative estimate of drug-likeness (QED) is 0.0156. The molecule has 4 N–H and O–H groups in total. The van der Waals surface area contributed by atoms with E-state index in [2.05, 4.69) is 18.4 Å². The Morgan fingerprint density at radius 1 is 0.607 bits per heavy atom. The predicted octanol–water partition coefficient (Wildman–Crippen LogP) is 10.9. The Balaban J connectivity index is 4.16. The molecule has 3 atom stereocenters. The monoisotopic (exact) mass is 809 g/mol. The van der Waals surface area contributed by atoms with Crippen LogP contribution in [0.1, 0.15) is 162 Å². The second-order valence-electron chi connectivity index (χ2n) is 14.8. The van der Waals surface area contributed by atoms with Gasteiger partial charge in [-0.1, -0.05) is 184 Å². The van der Waals surface area contributed by atoms with E-state index in [1.54, 1.807) is 36.5 Å². The first-order valence-corrected chi connectivity index (χ1v) is 22.8. The second kappa shape index (κ2) is 38.0. The standard InChI is InChI=1S/C45H77O10P/c1-4-5-24-32-41(46)34-27-22-23-28-35-42(47)33-26-19-16-17-21-30-37-45(49)55-43(39-54-56(50,51)52)38-53-44(48)36-29-20-15-13-11-9-7-6-8-10-12-14-18-25-31-40(2)3/h5,17,19,21-24,26-28,34-35,40-43,46-47H,4,6-16,18,20,25,29-33,36-39H2,1-3H3,(H2,50,51,52)/b21-17-,23-22-,24-5-,26-19-,34-27+,35-28+/t41-,42+,43+/m0/s1. The number of unbranched alkanes of at least 4 members (excludes halogenated alkanes) is 13. The number of hydrogen-bond acceptors (Lipinski definition) is 8. The van der Waals surface area contributed by atoms with Crippen molar-refractivity contribution < 1.29 is 48.2 Å². The van der Waals surface area contributed by atoms with E-state index in [1.807, 2.05) is 43.4 Å². The molecule has 0 radical (unpaired) electrons. The van der Waals surface area contributed by atoms with Gasteiger partial charge in [-0.3, -0.25) is 14.1 Å². The molecule has 0 aliphatic rings. The summed E-state index contributed by atoms with van der Waals surface area (Å²) >= 11 is 0. The zero-order valence-electron chi connectivity index (χ0n) is 34.9. The molecule has 0 bridgehead atoms.